The van der Waals surface area contributed by atoms with Gasteiger partial charge in [0.25, 0.3) is 0 Å². The molecule has 2 rings (SSSR count). The lowest BCUT2D eigenvalue weighted by Crippen LogP contribution is -1.89. The van der Waals surface area contributed by atoms with Gasteiger partial charge < -0.3 is 0 Å². The largest absolute Gasteiger partial charge is 0.254 e. The molecule has 16 heavy (non-hydrogen) atoms. The van der Waals surface area contributed by atoms with Gasteiger partial charge in [-0.1, -0.05) is 12.1 Å². The van der Waals surface area contributed by atoms with Gasteiger partial charge in [0, 0.05) is 12.4 Å². The van der Waals surface area contributed by atoms with Crippen LogP contribution in [-0.2, 0) is 6.42 Å². The molecule has 0 saturated carbocycles. The number of nitriles is 1. The fourth-order valence-corrected chi connectivity index (χ4v) is 1.39. The van der Waals surface area contributed by atoms with E-state index in [1.54, 1.807) is 6.20 Å². The van der Waals surface area contributed by atoms with Crippen molar-refractivity contribution in [3.63, 3.8) is 0 Å². The fourth-order valence-electron chi connectivity index (χ4n) is 1.39. The van der Waals surface area contributed by atoms with Crippen LogP contribution < -0.4 is 0 Å². The highest BCUT2D eigenvalue weighted by molar-refractivity contribution is 5.54. The van der Waals surface area contributed by atoms with Crippen LogP contribution >= 0.6 is 0 Å². The third-order valence-corrected chi connectivity index (χ3v) is 2.28. The maximum atomic E-state index is 8.55. The minimum atomic E-state index is 0.397. The number of pyridine rings is 2. The maximum absolute atomic E-state index is 8.55. The van der Waals surface area contributed by atoms with Gasteiger partial charge in [0.15, 0.2) is 0 Å². The van der Waals surface area contributed by atoms with Gasteiger partial charge in [0.05, 0.1) is 23.9 Å². The SMILES string of the molecule is Cc1ccc(-c2ccc(CC#N)cn2)nc1. The van der Waals surface area contributed by atoms with Crippen LogP contribution in [0.1, 0.15) is 11.1 Å². The lowest BCUT2D eigenvalue weighted by atomic mass is 10.1. The molecule has 0 aliphatic carbocycles. The number of aromatic nitrogens is 2. The predicted molar refractivity (Wildman–Crippen MR) is 61.5 cm³/mol. The molecule has 3 heteroatoms. The minimum Gasteiger partial charge on any atom is -0.254 e. The number of rotatable bonds is 2. The lowest BCUT2D eigenvalue weighted by Gasteiger charge is -2.01. The van der Waals surface area contributed by atoms with Crippen molar-refractivity contribution in [3.8, 4) is 17.5 Å². The molecule has 0 radical (unpaired) electrons. The van der Waals surface area contributed by atoms with Crippen molar-refractivity contribution in [2.75, 3.05) is 0 Å². The summed E-state index contributed by atoms with van der Waals surface area (Å²) in [5, 5.41) is 8.55. The quantitative estimate of drug-likeness (QED) is 0.763. The van der Waals surface area contributed by atoms with Gasteiger partial charge in [-0.25, -0.2) is 0 Å². The Balaban J connectivity index is 2.28. The summed E-state index contributed by atoms with van der Waals surface area (Å²) in [4.78, 5) is 8.58. The number of hydrogen-bond donors (Lipinski definition) is 0. The standard InChI is InChI=1S/C13H11N3/c1-10-2-4-12(15-8-10)13-5-3-11(6-7-14)9-16-13/h2-5,8-9H,6H2,1H3. The molecule has 0 aromatic carbocycles. The second kappa shape index (κ2) is 4.54. The Kier molecular flexibility index (Phi) is 2.93. The van der Waals surface area contributed by atoms with Gasteiger partial charge in [0.2, 0.25) is 0 Å². The first kappa shape index (κ1) is 10.3. The molecule has 2 heterocycles. The van der Waals surface area contributed by atoms with Gasteiger partial charge in [-0.2, -0.15) is 5.26 Å². The Bertz CT molecular complexity index is 506. The minimum absolute atomic E-state index is 0.397. The molecule has 0 saturated heterocycles. The highest BCUT2D eigenvalue weighted by atomic mass is 14.8. The van der Waals surface area contributed by atoms with E-state index < -0.39 is 0 Å². The summed E-state index contributed by atoms with van der Waals surface area (Å²) in [7, 11) is 0. The van der Waals surface area contributed by atoms with Crippen LogP contribution in [-0.4, -0.2) is 9.97 Å². The maximum Gasteiger partial charge on any atom is 0.0886 e. The zero-order chi connectivity index (χ0) is 11.4. The summed E-state index contributed by atoms with van der Waals surface area (Å²) >= 11 is 0. The van der Waals surface area contributed by atoms with Crippen molar-refractivity contribution in [3.05, 3.63) is 47.8 Å². The molecule has 78 valence electrons. The molecule has 0 N–H and O–H groups in total. The molecule has 0 amide bonds. The molecule has 2 aromatic rings. The first-order chi connectivity index (χ1) is 7.79. The number of aryl methyl sites for hydroxylation is 1. The summed E-state index contributed by atoms with van der Waals surface area (Å²) < 4.78 is 0. The molecule has 0 spiro atoms. The van der Waals surface area contributed by atoms with Crippen LogP contribution in [0.25, 0.3) is 11.4 Å². The molecular formula is C13H11N3. The van der Waals surface area contributed by atoms with Crippen LogP contribution in [0.2, 0.25) is 0 Å². The van der Waals surface area contributed by atoms with Crippen LogP contribution in [0.5, 0.6) is 0 Å². The van der Waals surface area contributed by atoms with E-state index in [0.717, 1.165) is 22.5 Å². The topological polar surface area (TPSA) is 49.6 Å². The lowest BCUT2D eigenvalue weighted by molar-refractivity contribution is 1.17. The highest BCUT2D eigenvalue weighted by Gasteiger charge is 2.00. The van der Waals surface area contributed by atoms with E-state index in [-0.39, 0.29) is 0 Å². The second-order valence-electron chi connectivity index (χ2n) is 3.61. The molecule has 2 aromatic heterocycles. The third kappa shape index (κ3) is 2.23. The summed E-state index contributed by atoms with van der Waals surface area (Å²) in [5.74, 6) is 0. The van der Waals surface area contributed by atoms with Crippen molar-refractivity contribution < 1.29 is 0 Å². The van der Waals surface area contributed by atoms with E-state index in [1.807, 2.05) is 37.4 Å². The molecule has 3 nitrogen and oxygen atoms in total. The first-order valence-electron chi connectivity index (χ1n) is 5.04. The van der Waals surface area contributed by atoms with E-state index in [4.69, 9.17) is 5.26 Å². The predicted octanol–water partition coefficient (Wildman–Crippen LogP) is 2.52. The Hall–Kier alpha value is -2.21. The van der Waals surface area contributed by atoms with Crippen LogP contribution in [0.3, 0.4) is 0 Å². The van der Waals surface area contributed by atoms with Crippen LogP contribution in [0.15, 0.2) is 36.7 Å². The molecule has 0 bridgehead atoms. The molecule has 0 atom stereocenters. The number of hydrogen-bond acceptors (Lipinski definition) is 3. The smallest absolute Gasteiger partial charge is 0.0886 e. The van der Waals surface area contributed by atoms with Gasteiger partial charge in [-0.15, -0.1) is 0 Å². The van der Waals surface area contributed by atoms with Gasteiger partial charge >= 0.3 is 0 Å². The summed E-state index contributed by atoms with van der Waals surface area (Å²) in [6.07, 6.45) is 3.94. The van der Waals surface area contributed by atoms with Gasteiger partial charge in [0.1, 0.15) is 0 Å². The average Bonchev–Trinajstić information content (AvgIpc) is 2.32. The molecule has 0 aliphatic heterocycles. The van der Waals surface area contributed by atoms with E-state index in [9.17, 15) is 0 Å². The van der Waals surface area contributed by atoms with Crippen LogP contribution in [0, 0.1) is 18.3 Å². The van der Waals surface area contributed by atoms with E-state index in [0.29, 0.717) is 6.42 Å². The summed E-state index contributed by atoms with van der Waals surface area (Å²) in [5.41, 5.74) is 3.75. The first-order valence-corrected chi connectivity index (χ1v) is 5.04. The zero-order valence-electron chi connectivity index (χ0n) is 9.01. The zero-order valence-corrected chi connectivity index (χ0v) is 9.01. The Morgan fingerprint density at radius 3 is 2.25 bits per heavy atom. The molecule has 0 fully saturated rings. The van der Waals surface area contributed by atoms with Crippen molar-refractivity contribution in [2.45, 2.75) is 13.3 Å². The van der Waals surface area contributed by atoms with Gasteiger partial charge in [-0.05, 0) is 30.2 Å². The molecule has 0 aliphatic rings. The second-order valence-corrected chi connectivity index (χ2v) is 3.61. The molecular weight excluding hydrogens is 198 g/mol. The van der Waals surface area contributed by atoms with Gasteiger partial charge in [-0.3, -0.25) is 9.97 Å². The van der Waals surface area contributed by atoms with Crippen molar-refractivity contribution in [2.24, 2.45) is 0 Å². The Morgan fingerprint density at radius 2 is 1.75 bits per heavy atom. The van der Waals surface area contributed by atoms with Crippen LogP contribution in [0.4, 0.5) is 0 Å². The monoisotopic (exact) mass is 209 g/mol. The summed E-state index contributed by atoms with van der Waals surface area (Å²) in [6.45, 7) is 2.00. The summed E-state index contributed by atoms with van der Waals surface area (Å²) in [6, 6.07) is 9.85. The van der Waals surface area contributed by atoms with E-state index in [2.05, 4.69) is 16.0 Å². The normalized spacial score (nSPS) is 9.75. The van der Waals surface area contributed by atoms with Crippen molar-refractivity contribution in [1.82, 2.24) is 9.97 Å². The Morgan fingerprint density at radius 1 is 1.06 bits per heavy atom. The van der Waals surface area contributed by atoms with Crippen molar-refractivity contribution >= 4 is 0 Å². The molecule has 0 unspecified atom stereocenters. The highest BCUT2D eigenvalue weighted by Crippen LogP contribution is 2.14. The average molecular weight is 209 g/mol. The third-order valence-electron chi connectivity index (χ3n) is 2.28. The van der Waals surface area contributed by atoms with E-state index >= 15 is 0 Å². The Labute approximate surface area is 94.4 Å². The fraction of sp³-hybridized carbons (Fsp3) is 0.154. The number of nitrogens with zero attached hydrogens (tertiary/aromatic N) is 3. The van der Waals surface area contributed by atoms with Crippen molar-refractivity contribution in [1.29, 1.82) is 5.26 Å². The van der Waals surface area contributed by atoms with E-state index in [1.165, 1.54) is 0 Å².